The van der Waals surface area contributed by atoms with Gasteiger partial charge in [-0.15, -0.1) is 0 Å². The molecule has 0 heterocycles. The van der Waals surface area contributed by atoms with Gasteiger partial charge < -0.3 is 0 Å². The molecular weight excluding hydrogens is 350 g/mol. The van der Waals surface area contributed by atoms with Gasteiger partial charge in [0.2, 0.25) is 0 Å². The highest BCUT2D eigenvalue weighted by atomic mass is 19.2. The molecule has 3 rings (SSSR count). The summed E-state index contributed by atoms with van der Waals surface area (Å²) in [5.74, 6) is 0.305. The molecule has 1 unspecified atom stereocenters. The fourth-order valence-electron chi connectivity index (χ4n) is 4.84. The number of allylic oxidation sites excluding steroid dienone is 4. The van der Waals surface area contributed by atoms with Crippen molar-refractivity contribution in [3.63, 3.8) is 0 Å². The average molecular weight is 387 g/mol. The minimum absolute atomic E-state index is 0.191. The molecule has 28 heavy (non-hydrogen) atoms. The summed E-state index contributed by atoms with van der Waals surface area (Å²) in [6, 6.07) is 3.67. The van der Waals surface area contributed by atoms with Crippen molar-refractivity contribution in [1.29, 1.82) is 0 Å². The summed E-state index contributed by atoms with van der Waals surface area (Å²) >= 11 is 0. The lowest BCUT2D eigenvalue weighted by atomic mass is 9.79. The van der Waals surface area contributed by atoms with Gasteiger partial charge in [0.1, 0.15) is 0 Å². The van der Waals surface area contributed by atoms with E-state index in [9.17, 15) is 8.78 Å². The van der Waals surface area contributed by atoms with Gasteiger partial charge in [-0.3, -0.25) is 0 Å². The first-order chi connectivity index (χ1) is 13.6. The molecule has 0 amide bonds. The van der Waals surface area contributed by atoms with Crippen LogP contribution in [0.5, 0.6) is 0 Å². The van der Waals surface area contributed by atoms with E-state index in [2.05, 4.69) is 32.1 Å². The molecule has 2 aliphatic rings. The molecule has 2 aliphatic carbocycles. The SMILES string of the molecule is CCCC1=CCC(C=CCCc2ccc(C3CCC(C)CC3)c(F)c2F)CC1. The number of aryl methyl sites for hydroxylation is 1. The molecule has 1 aromatic carbocycles. The number of benzene rings is 1. The van der Waals surface area contributed by atoms with Crippen molar-refractivity contribution in [2.45, 2.75) is 90.4 Å². The predicted molar refractivity (Wildman–Crippen MR) is 115 cm³/mol. The van der Waals surface area contributed by atoms with Crippen LogP contribution in [-0.2, 0) is 6.42 Å². The standard InChI is InChI=1S/C26H36F2/c1-3-6-20-11-13-21(14-12-20)7-4-5-8-23-17-18-24(26(28)25(23)27)22-15-9-19(2)10-16-22/h4,7,11,17-19,21-22H,3,5-6,8-10,12-16H2,1-2H3. The summed E-state index contributed by atoms with van der Waals surface area (Å²) in [6.45, 7) is 4.48. The third-order valence-corrected chi connectivity index (χ3v) is 6.75. The van der Waals surface area contributed by atoms with Gasteiger partial charge in [-0.1, -0.05) is 69.0 Å². The first kappa shape index (κ1) is 21.3. The zero-order chi connectivity index (χ0) is 19.9. The third-order valence-electron chi connectivity index (χ3n) is 6.75. The monoisotopic (exact) mass is 386 g/mol. The van der Waals surface area contributed by atoms with Crippen molar-refractivity contribution < 1.29 is 8.78 Å². The van der Waals surface area contributed by atoms with E-state index < -0.39 is 11.6 Å². The molecule has 0 N–H and O–H groups in total. The van der Waals surface area contributed by atoms with Crippen LogP contribution in [0.3, 0.4) is 0 Å². The van der Waals surface area contributed by atoms with Crippen LogP contribution in [0.15, 0.2) is 35.9 Å². The molecule has 2 heteroatoms. The van der Waals surface area contributed by atoms with Crippen LogP contribution in [0.4, 0.5) is 8.78 Å². The van der Waals surface area contributed by atoms with Crippen LogP contribution >= 0.6 is 0 Å². The third kappa shape index (κ3) is 5.55. The summed E-state index contributed by atoms with van der Waals surface area (Å²) in [7, 11) is 0. The molecule has 1 atom stereocenters. The minimum Gasteiger partial charge on any atom is -0.203 e. The fourth-order valence-corrected chi connectivity index (χ4v) is 4.84. The Hall–Kier alpha value is -1.44. The average Bonchev–Trinajstić information content (AvgIpc) is 2.71. The van der Waals surface area contributed by atoms with E-state index in [1.165, 1.54) is 25.7 Å². The molecular formula is C26H36F2. The Morgan fingerprint density at radius 1 is 1.00 bits per heavy atom. The lowest BCUT2D eigenvalue weighted by molar-refractivity contribution is 0.339. The van der Waals surface area contributed by atoms with Gasteiger partial charge in [0.05, 0.1) is 0 Å². The number of halogens is 2. The second kappa shape index (κ2) is 10.4. The molecule has 0 spiro atoms. The zero-order valence-corrected chi connectivity index (χ0v) is 17.7. The van der Waals surface area contributed by atoms with E-state index in [1.54, 1.807) is 5.57 Å². The van der Waals surface area contributed by atoms with Crippen molar-refractivity contribution in [3.8, 4) is 0 Å². The largest absolute Gasteiger partial charge is 0.203 e. The Labute approximate surface area is 170 Å². The Morgan fingerprint density at radius 3 is 2.46 bits per heavy atom. The Balaban J connectivity index is 1.52. The van der Waals surface area contributed by atoms with E-state index in [4.69, 9.17) is 0 Å². The predicted octanol–water partition coefficient (Wildman–Crippen LogP) is 8.27. The summed E-state index contributed by atoms with van der Waals surface area (Å²) in [5.41, 5.74) is 2.72. The highest BCUT2D eigenvalue weighted by molar-refractivity contribution is 5.29. The van der Waals surface area contributed by atoms with Crippen molar-refractivity contribution in [3.05, 3.63) is 58.7 Å². The summed E-state index contributed by atoms with van der Waals surface area (Å²) in [6.07, 6.45) is 18.4. The Morgan fingerprint density at radius 2 is 1.79 bits per heavy atom. The number of hydrogen-bond donors (Lipinski definition) is 0. The van der Waals surface area contributed by atoms with Crippen molar-refractivity contribution in [2.75, 3.05) is 0 Å². The number of rotatable bonds is 7. The van der Waals surface area contributed by atoms with Gasteiger partial charge in [0, 0.05) is 0 Å². The van der Waals surface area contributed by atoms with E-state index in [-0.39, 0.29) is 5.92 Å². The molecule has 0 nitrogen and oxygen atoms in total. The first-order valence-electron chi connectivity index (χ1n) is 11.4. The molecule has 0 bridgehead atoms. The van der Waals surface area contributed by atoms with Gasteiger partial charge in [-0.2, -0.15) is 0 Å². The van der Waals surface area contributed by atoms with Crippen LogP contribution in [0.25, 0.3) is 0 Å². The lowest BCUT2D eigenvalue weighted by Gasteiger charge is -2.27. The van der Waals surface area contributed by atoms with Crippen LogP contribution in [0, 0.1) is 23.5 Å². The molecule has 0 aromatic heterocycles. The maximum absolute atomic E-state index is 14.6. The molecule has 0 saturated heterocycles. The van der Waals surface area contributed by atoms with E-state index in [0.29, 0.717) is 29.4 Å². The van der Waals surface area contributed by atoms with Gasteiger partial charge in [-0.05, 0) is 80.2 Å². The van der Waals surface area contributed by atoms with Crippen LogP contribution in [-0.4, -0.2) is 0 Å². The highest BCUT2D eigenvalue weighted by Crippen LogP contribution is 2.37. The second-order valence-corrected chi connectivity index (χ2v) is 9.01. The van der Waals surface area contributed by atoms with Crippen molar-refractivity contribution >= 4 is 0 Å². The van der Waals surface area contributed by atoms with Gasteiger partial charge in [-0.25, -0.2) is 8.78 Å². The van der Waals surface area contributed by atoms with Crippen molar-refractivity contribution in [2.24, 2.45) is 11.8 Å². The van der Waals surface area contributed by atoms with Crippen LogP contribution in [0.1, 0.15) is 95.1 Å². The van der Waals surface area contributed by atoms with E-state index in [1.807, 2.05) is 12.1 Å². The Kier molecular flexibility index (Phi) is 7.88. The topological polar surface area (TPSA) is 0 Å². The highest BCUT2D eigenvalue weighted by Gasteiger charge is 2.24. The Bertz CT molecular complexity index is 693. The van der Waals surface area contributed by atoms with Crippen molar-refractivity contribution in [1.82, 2.24) is 0 Å². The van der Waals surface area contributed by atoms with Gasteiger partial charge in [0.25, 0.3) is 0 Å². The number of hydrogen-bond acceptors (Lipinski definition) is 0. The normalized spacial score (nSPS) is 25.9. The summed E-state index contributed by atoms with van der Waals surface area (Å²) in [5, 5.41) is 0. The maximum atomic E-state index is 14.6. The van der Waals surface area contributed by atoms with E-state index >= 15 is 0 Å². The van der Waals surface area contributed by atoms with Crippen LogP contribution < -0.4 is 0 Å². The fraction of sp³-hybridized carbons (Fsp3) is 0.615. The van der Waals surface area contributed by atoms with Crippen LogP contribution in [0.2, 0.25) is 0 Å². The smallest absolute Gasteiger partial charge is 0.162 e. The van der Waals surface area contributed by atoms with E-state index in [0.717, 1.165) is 38.5 Å². The molecule has 1 fully saturated rings. The molecule has 1 aromatic rings. The summed E-state index contributed by atoms with van der Waals surface area (Å²) < 4.78 is 29.2. The maximum Gasteiger partial charge on any atom is 0.162 e. The quantitative estimate of drug-likeness (QED) is 0.414. The molecule has 0 radical (unpaired) electrons. The summed E-state index contributed by atoms with van der Waals surface area (Å²) in [4.78, 5) is 0. The first-order valence-corrected chi connectivity index (χ1v) is 11.4. The van der Waals surface area contributed by atoms with Gasteiger partial charge in [0.15, 0.2) is 11.6 Å². The molecule has 0 aliphatic heterocycles. The molecule has 154 valence electrons. The zero-order valence-electron chi connectivity index (χ0n) is 17.7. The minimum atomic E-state index is -0.616. The lowest BCUT2D eigenvalue weighted by Crippen LogP contribution is -2.13. The molecule has 1 saturated carbocycles. The second-order valence-electron chi connectivity index (χ2n) is 9.01. The van der Waals surface area contributed by atoms with Gasteiger partial charge >= 0.3 is 0 Å².